The molecule has 2 aromatic heterocycles. The van der Waals surface area contributed by atoms with E-state index < -0.39 is 9.05 Å². The number of aromatic nitrogens is 3. The molecule has 19 heavy (non-hydrogen) atoms. The Kier molecular flexibility index (Phi) is 2.95. The summed E-state index contributed by atoms with van der Waals surface area (Å²) in [4.78, 5) is 2.12. The first-order chi connectivity index (χ1) is 8.88. The fourth-order valence-corrected chi connectivity index (χ4v) is 3.90. The molecule has 0 aromatic carbocycles. The molecular formula is C11H12ClN3O2S2. The lowest BCUT2D eigenvalue weighted by atomic mass is 10.3. The normalized spacial score (nSPS) is 15.9. The summed E-state index contributed by atoms with van der Waals surface area (Å²) < 4.78 is 24.8. The molecule has 0 bridgehead atoms. The van der Waals surface area contributed by atoms with E-state index in [-0.39, 0.29) is 11.2 Å². The minimum Gasteiger partial charge on any atom is -0.293 e. The topological polar surface area (TPSA) is 64.8 Å². The van der Waals surface area contributed by atoms with Crippen LogP contribution in [-0.2, 0) is 9.05 Å². The van der Waals surface area contributed by atoms with Crippen LogP contribution in [0.15, 0.2) is 11.2 Å². The van der Waals surface area contributed by atoms with E-state index in [9.17, 15) is 8.42 Å². The maximum atomic E-state index is 11.5. The van der Waals surface area contributed by atoms with Crippen LogP contribution in [0.1, 0.15) is 29.3 Å². The number of halogens is 1. The molecule has 8 heteroatoms. The first kappa shape index (κ1) is 13.1. The SMILES string of the molecule is Cc1cc(-c2nnc(S(=O)(=O)Cl)n2C2CC2)sc1C. The van der Waals surface area contributed by atoms with Crippen LogP contribution in [0.4, 0.5) is 0 Å². The van der Waals surface area contributed by atoms with Crippen molar-refractivity contribution in [2.45, 2.75) is 37.9 Å². The first-order valence-electron chi connectivity index (χ1n) is 5.85. The average molecular weight is 318 g/mol. The fraction of sp³-hybridized carbons (Fsp3) is 0.455. The summed E-state index contributed by atoms with van der Waals surface area (Å²) in [7, 11) is 1.56. The van der Waals surface area contributed by atoms with E-state index in [1.54, 1.807) is 15.9 Å². The Hall–Kier alpha value is -0.920. The van der Waals surface area contributed by atoms with Crippen molar-refractivity contribution in [3.8, 4) is 10.7 Å². The summed E-state index contributed by atoms with van der Waals surface area (Å²) in [6.45, 7) is 4.05. The molecule has 0 N–H and O–H groups in total. The maximum Gasteiger partial charge on any atom is 0.296 e. The van der Waals surface area contributed by atoms with Gasteiger partial charge in [-0.05, 0) is 38.3 Å². The Morgan fingerprint density at radius 1 is 1.37 bits per heavy atom. The van der Waals surface area contributed by atoms with E-state index in [1.807, 2.05) is 19.9 Å². The minimum absolute atomic E-state index is 0.143. The summed E-state index contributed by atoms with van der Waals surface area (Å²) in [5.41, 5.74) is 1.17. The van der Waals surface area contributed by atoms with E-state index in [4.69, 9.17) is 10.7 Å². The van der Waals surface area contributed by atoms with Gasteiger partial charge in [-0.3, -0.25) is 4.57 Å². The van der Waals surface area contributed by atoms with Crippen molar-refractivity contribution in [2.24, 2.45) is 0 Å². The van der Waals surface area contributed by atoms with Crippen LogP contribution in [0.3, 0.4) is 0 Å². The van der Waals surface area contributed by atoms with Gasteiger partial charge in [0.2, 0.25) is 0 Å². The van der Waals surface area contributed by atoms with Gasteiger partial charge >= 0.3 is 0 Å². The summed E-state index contributed by atoms with van der Waals surface area (Å²) in [5.74, 6) is 0.600. The molecule has 3 rings (SSSR count). The monoisotopic (exact) mass is 317 g/mol. The Balaban J connectivity index is 2.19. The van der Waals surface area contributed by atoms with E-state index in [1.165, 1.54) is 10.4 Å². The van der Waals surface area contributed by atoms with Gasteiger partial charge in [0.15, 0.2) is 5.82 Å². The van der Waals surface area contributed by atoms with Gasteiger partial charge in [-0.25, -0.2) is 8.42 Å². The second-order valence-electron chi connectivity index (χ2n) is 4.70. The Labute approximate surface area is 119 Å². The summed E-state index contributed by atoms with van der Waals surface area (Å²) in [5, 5.41) is 7.65. The lowest BCUT2D eigenvalue weighted by Gasteiger charge is -2.05. The Morgan fingerprint density at radius 2 is 2.05 bits per heavy atom. The smallest absolute Gasteiger partial charge is 0.293 e. The molecule has 0 unspecified atom stereocenters. The standard InChI is InChI=1S/C11H12ClN3O2S2/c1-6-5-9(18-7(6)2)10-13-14-11(19(12,16)17)15(10)8-3-4-8/h5,8H,3-4H2,1-2H3. The maximum absolute atomic E-state index is 11.5. The fourth-order valence-electron chi connectivity index (χ4n) is 1.96. The third kappa shape index (κ3) is 2.30. The van der Waals surface area contributed by atoms with Crippen LogP contribution in [0.2, 0.25) is 0 Å². The lowest BCUT2D eigenvalue weighted by Crippen LogP contribution is -2.05. The molecule has 0 radical (unpaired) electrons. The molecule has 0 amide bonds. The molecule has 1 aliphatic carbocycles. The van der Waals surface area contributed by atoms with E-state index in [0.717, 1.165) is 17.7 Å². The van der Waals surface area contributed by atoms with E-state index in [0.29, 0.717) is 5.82 Å². The number of nitrogens with zero attached hydrogens (tertiary/aromatic N) is 3. The molecule has 5 nitrogen and oxygen atoms in total. The third-order valence-electron chi connectivity index (χ3n) is 3.18. The van der Waals surface area contributed by atoms with Crippen molar-refractivity contribution in [3.63, 3.8) is 0 Å². The van der Waals surface area contributed by atoms with Crippen LogP contribution in [-0.4, -0.2) is 23.2 Å². The highest BCUT2D eigenvalue weighted by atomic mass is 35.7. The zero-order valence-electron chi connectivity index (χ0n) is 10.4. The number of aryl methyl sites for hydroxylation is 2. The Bertz CT molecular complexity index is 725. The molecule has 1 fully saturated rings. The van der Waals surface area contributed by atoms with Crippen molar-refractivity contribution in [2.75, 3.05) is 0 Å². The van der Waals surface area contributed by atoms with Crippen molar-refractivity contribution < 1.29 is 8.42 Å². The predicted octanol–water partition coefficient (Wildman–Crippen LogP) is 2.89. The van der Waals surface area contributed by atoms with Gasteiger partial charge in [-0.1, -0.05) is 0 Å². The molecule has 0 saturated heterocycles. The zero-order valence-corrected chi connectivity index (χ0v) is 12.8. The summed E-state index contributed by atoms with van der Waals surface area (Å²) in [6, 6.07) is 2.16. The largest absolute Gasteiger partial charge is 0.296 e. The number of hydrogen-bond donors (Lipinski definition) is 0. The molecule has 1 saturated carbocycles. The molecular weight excluding hydrogens is 306 g/mol. The van der Waals surface area contributed by atoms with Crippen LogP contribution >= 0.6 is 22.0 Å². The second-order valence-corrected chi connectivity index (χ2v) is 8.41. The van der Waals surface area contributed by atoms with Crippen molar-refractivity contribution in [1.29, 1.82) is 0 Å². The average Bonchev–Trinajstić information content (AvgIpc) is 2.95. The molecule has 2 heterocycles. The number of rotatable bonds is 3. The quantitative estimate of drug-likeness (QED) is 0.816. The molecule has 1 aliphatic rings. The van der Waals surface area contributed by atoms with Gasteiger partial charge in [0.05, 0.1) is 4.88 Å². The number of thiophene rings is 1. The van der Waals surface area contributed by atoms with Gasteiger partial charge in [0.25, 0.3) is 14.2 Å². The van der Waals surface area contributed by atoms with Gasteiger partial charge in [0, 0.05) is 21.6 Å². The van der Waals surface area contributed by atoms with E-state index >= 15 is 0 Å². The van der Waals surface area contributed by atoms with Gasteiger partial charge < -0.3 is 0 Å². The summed E-state index contributed by atoms with van der Waals surface area (Å²) in [6.07, 6.45) is 1.88. The lowest BCUT2D eigenvalue weighted by molar-refractivity contribution is 0.579. The highest BCUT2D eigenvalue weighted by Gasteiger charge is 2.34. The van der Waals surface area contributed by atoms with Crippen molar-refractivity contribution in [3.05, 3.63) is 16.5 Å². The highest BCUT2D eigenvalue weighted by molar-refractivity contribution is 8.13. The van der Waals surface area contributed by atoms with E-state index in [2.05, 4.69) is 10.2 Å². The molecule has 0 atom stereocenters. The first-order valence-corrected chi connectivity index (χ1v) is 8.97. The van der Waals surface area contributed by atoms with Crippen LogP contribution in [0.5, 0.6) is 0 Å². The van der Waals surface area contributed by atoms with Gasteiger partial charge in [0.1, 0.15) is 0 Å². The summed E-state index contributed by atoms with van der Waals surface area (Å²) >= 11 is 1.59. The van der Waals surface area contributed by atoms with Gasteiger partial charge in [-0.15, -0.1) is 21.5 Å². The highest BCUT2D eigenvalue weighted by Crippen LogP contribution is 2.41. The molecule has 2 aromatic rings. The second kappa shape index (κ2) is 4.29. The van der Waals surface area contributed by atoms with Crippen molar-refractivity contribution >= 4 is 31.1 Å². The molecule has 0 aliphatic heterocycles. The van der Waals surface area contributed by atoms with Crippen LogP contribution in [0, 0.1) is 13.8 Å². The molecule has 0 spiro atoms. The van der Waals surface area contributed by atoms with Crippen LogP contribution in [0.25, 0.3) is 10.7 Å². The minimum atomic E-state index is -3.86. The predicted molar refractivity (Wildman–Crippen MR) is 74.1 cm³/mol. The van der Waals surface area contributed by atoms with Gasteiger partial charge in [-0.2, -0.15) is 0 Å². The third-order valence-corrected chi connectivity index (χ3v) is 5.46. The Morgan fingerprint density at radius 3 is 2.53 bits per heavy atom. The van der Waals surface area contributed by atoms with Crippen LogP contribution < -0.4 is 0 Å². The van der Waals surface area contributed by atoms with Crippen molar-refractivity contribution in [1.82, 2.24) is 14.8 Å². The number of hydrogen-bond acceptors (Lipinski definition) is 5. The zero-order chi connectivity index (χ0) is 13.8. The molecule has 102 valence electrons.